The van der Waals surface area contributed by atoms with Crippen molar-refractivity contribution in [3.8, 4) is 0 Å². The summed E-state index contributed by atoms with van der Waals surface area (Å²) in [6.07, 6.45) is 5.46. The topological polar surface area (TPSA) is 74.8 Å². The lowest BCUT2D eigenvalue weighted by atomic mass is 9.70. The van der Waals surface area contributed by atoms with Gasteiger partial charge in [0.2, 0.25) is 10.0 Å². The van der Waals surface area contributed by atoms with Gasteiger partial charge in [-0.3, -0.25) is 0 Å². The molecule has 5 nitrogen and oxygen atoms in total. The first-order chi connectivity index (χ1) is 12.2. The maximum atomic E-state index is 11.5. The fourth-order valence-electron chi connectivity index (χ4n) is 4.09. The molecule has 2 N–H and O–H groups in total. The number of nitrogens with one attached hydrogen (secondary N) is 2. The number of allylic oxidation sites excluding steroid dienone is 1. The van der Waals surface area contributed by atoms with Gasteiger partial charge in [0.05, 0.1) is 17.3 Å². The third-order valence-electron chi connectivity index (χ3n) is 5.54. The fraction of sp³-hybridized carbons (Fsp3) is 0.550. The molecule has 0 unspecified atom stereocenters. The van der Waals surface area contributed by atoms with Crippen LogP contribution in [0.1, 0.15) is 33.0 Å². The van der Waals surface area contributed by atoms with E-state index in [0.29, 0.717) is 24.3 Å². The number of hydrogen-bond donors (Lipinski definition) is 2. The second-order valence-corrected chi connectivity index (χ2v) is 9.77. The summed E-state index contributed by atoms with van der Waals surface area (Å²) in [6.45, 7) is 7.10. The predicted octanol–water partition coefficient (Wildman–Crippen LogP) is 3.51. The van der Waals surface area contributed by atoms with Crippen LogP contribution in [0, 0.1) is 23.7 Å². The zero-order valence-electron chi connectivity index (χ0n) is 16.0. The number of benzene rings is 1. The van der Waals surface area contributed by atoms with Gasteiger partial charge in [-0.15, -0.1) is 0 Å². The van der Waals surface area contributed by atoms with Crippen molar-refractivity contribution >= 4 is 21.1 Å². The van der Waals surface area contributed by atoms with E-state index in [1.807, 2.05) is 18.2 Å². The predicted molar refractivity (Wildman–Crippen MR) is 106 cm³/mol. The largest absolute Gasteiger partial charge is 0.342 e. The quantitative estimate of drug-likeness (QED) is 0.759. The molecule has 0 bridgehead atoms. The molecule has 0 amide bonds. The Balaban J connectivity index is 1.78. The Hall–Kier alpha value is -1.66. The normalized spacial score (nSPS) is 24.2. The number of fused-ring (bicyclic) bond motifs is 1. The number of aromatic amines is 1. The summed E-state index contributed by atoms with van der Waals surface area (Å²) in [5, 5.41) is 0. The van der Waals surface area contributed by atoms with Crippen molar-refractivity contribution in [3.63, 3.8) is 0 Å². The van der Waals surface area contributed by atoms with Crippen LogP contribution in [-0.2, 0) is 16.4 Å². The van der Waals surface area contributed by atoms with Crippen LogP contribution in [0.3, 0.4) is 0 Å². The van der Waals surface area contributed by atoms with Crippen LogP contribution in [-0.4, -0.2) is 31.2 Å². The van der Waals surface area contributed by atoms with E-state index in [9.17, 15) is 8.42 Å². The van der Waals surface area contributed by atoms with Crippen molar-refractivity contribution in [1.29, 1.82) is 0 Å². The minimum absolute atomic E-state index is 0.247. The Labute approximate surface area is 156 Å². The van der Waals surface area contributed by atoms with Crippen molar-refractivity contribution in [2.75, 3.05) is 12.8 Å². The molecular formula is C20H29N3O2S. The van der Waals surface area contributed by atoms with Gasteiger partial charge in [-0.25, -0.2) is 18.1 Å². The van der Waals surface area contributed by atoms with E-state index in [4.69, 9.17) is 4.98 Å². The molecule has 0 saturated carbocycles. The highest BCUT2D eigenvalue weighted by molar-refractivity contribution is 7.88. The smallest absolute Gasteiger partial charge is 0.208 e. The lowest BCUT2D eigenvalue weighted by Crippen LogP contribution is -2.36. The van der Waals surface area contributed by atoms with Gasteiger partial charge in [-0.2, -0.15) is 0 Å². The lowest BCUT2D eigenvalue weighted by molar-refractivity contribution is 0.227. The van der Waals surface area contributed by atoms with E-state index in [0.717, 1.165) is 29.7 Å². The fourth-order valence-corrected chi connectivity index (χ4v) is 4.59. The summed E-state index contributed by atoms with van der Waals surface area (Å²) in [5.74, 6) is 2.68. The second kappa shape index (κ2) is 7.53. The zero-order valence-corrected chi connectivity index (χ0v) is 16.8. The van der Waals surface area contributed by atoms with Crippen LogP contribution < -0.4 is 4.72 Å². The number of hydrogen-bond acceptors (Lipinski definition) is 3. The van der Waals surface area contributed by atoms with Gasteiger partial charge in [0.25, 0.3) is 0 Å². The lowest BCUT2D eigenvalue weighted by Gasteiger charge is -2.37. The summed E-state index contributed by atoms with van der Waals surface area (Å²) in [4.78, 5) is 8.16. The number of imidazole rings is 1. The molecule has 0 radical (unpaired) electrons. The molecule has 1 aromatic heterocycles. The molecular weight excluding hydrogens is 346 g/mol. The Morgan fingerprint density at radius 3 is 2.69 bits per heavy atom. The number of nitrogens with zero attached hydrogens (tertiary/aromatic N) is 1. The van der Waals surface area contributed by atoms with E-state index in [1.54, 1.807) is 0 Å². The molecule has 1 aliphatic rings. The number of aromatic nitrogens is 2. The monoisotopic (exact) mass is 375 g/mol. The van der Waals surface area contributed by atoms with Crippen LogP contribution in [0.5, 0.6) is 0 Å². The van der Waals surface area contributed by atoms with E-state index in [1.165, 1.54) is 11.8 Å². The van der Waals surface area contributed by atoms with E-state index >= 15 is 0 Å². The van der Waals surface area contributed by atoms with E-state index in [-0.39, 0.29) is 5.92 Å². The Bertz CT molecular complexity index is 866. The third kappa shape index (κ3) is 4.54. The molecule has 1 aromatic carbocycles. The molecule has 26 heavy (non-hydrogen) atoms. The SMILES string of the molecule is CC1=C[C@@H](CNS(C)(=O)=O)[C@H](C(C)C)C[C@H]1Cc1nc2ccccc2[nH]1. The summed E-state index contributed by atoms with van der Waals surface area (Å²) in [7, 11) is -3.16. The van der Waals surface area contributed by atoms with Crippen molar-refractivity contribution in [2.24, 2.45) is 23.7 Å². The molecule has 0 spiro atoms. The minimum Gasteiger partial charge on any atom is -0.342 e. The molecule has 0 fully saturated rings. The van der Waals surface area contributed by atoms with Crippen LogP contribution in [0.4, 0.5) is 0 Å². The molecule has 6 heteroatoms. The number of H-pyrrole nitrogens is 1. The minimum atomic E-state index is -3.16. The highest BCUT2D eigenvalue weighted by Gasteiger charge is 2.32. The first-order valence-electron chi connectivity index (χ1n) is 9.29. The van der Waals surface area contributed by atoms with Crippen molar-refractivity contribution in [2.45, 2.75) is 33.6 Å². The molecule has 142 valence electrons. The average molecular weight is 376 g/mol. The first-order valence-corrected chi connectivity index (χ1v) is 11.2. The van der Waals surface area contributed by atoms with Crippen LogP contribution in [0.15, 0.2) is 35.9 Å². The van der Waals surface area contributed by atoms with E-state index in [2.05, 4.69) is 42.6 Å². The maximum Gasteiger partial charge on any atom is 0.208 e. The zero-order chi connectivity index (χ0) is 18.9. The Morgan fingerprint density at radius 2 is 2.04 bits per heavy atom. The summed E-state index contributed by atoms with van der Waals surface area (Å²) >= 11 is 0. The molecule has 1 heterocycles. The molecule has 1 aliphatic carbocycles. The highest BCUT2D eigenvalue weighted by atomic mass is 32.2. The highest BCUT2D eigenvalue weighted by Crippen LogP contribution is 2.38. The van der Waals surface area contributed by atoms with Gasteiger partial charge in [0.15, 0.2) is 0 Å². The summed E-state index contributed by atoms with van der Waals surface area (Å²) in [5.41, 5.74) is 3.42. The van der Waals surface area contributed by atoms with Crippen LogP contribution >= 0.6 is 0 Å². The Morgan fingerprint density at radius 1 is 1.31 bits per heavy atom. The molecule has 2 aromatic rings. The van der Waals surface area contributed by atoms with Gasteiger partial charge >= 0.3 is 0 Å². The molecule has 3 atom stereocenters. The van der Waals surface area contributed by atoms with Crippen molar-refractivity contribution in [1.82, 2.24) is 14.7 Å². The number of sulfonamides is 1. The molecule has 0 aliphatic heterocycles. The Kier molecular flexibility index (Phi) is 5.53. The number of para-hydroxylation sites is 2. The molecule has 3 rings (SSSR count). The summed E-state index contributed by atoms with van der Waals surface area (Å²) in [6, 6.07) is 8.11. The molecule has 0 saturated heterocycles. The van der Waals surface area contributed by atoms with Gasteiger partial charge in [-0.05, 0) is 49.1 Å². The van der Waals surface area contributed by atoms with Crippen LogP contribution in [0.25, 0.3) is 11.0 Å². The number of rotatable bonds is 6. The maximum absolute atomic E-state index is 11.5. The third-order valence-corrected chi connectivity index (χ3v) is 6.23. The van der Waals surface area contributed by atoms with Crippen LogP contribution in [0.2, 0.25) is 0 Å². The van der Waals surface area contributed by atoms with Gasteiger partial charge in [0.1, 0.15) is 5.82 Å². The van der Waals surface area contributed by atoms with Gasteiger partial charge < -0.3 is 4.98 Å². The standard InChI is InChI=1S/C20H29N3O2S/c1-13(2)17-10-15(14(3)9-16(17)12-21-26(4,24)25)11-20-22-18-7-5-6-8-19(18)23-20/h5-9,13,15-17,21H,10-12H2,1-4H3,(H,22,23)/t15-,16-,17-/m0/s1. The van der Waals surface area contributed by atoms with Crippen molar-refractivity contribution in [3.05, 3.63) is 41.7 Å². The summed E-state index contributed by atoms with van der Waals surface area (Å²) < 4.78 is 25.6. The first kappa shape index (κ1) is 19.1. The second-order valence-electron chi connectivity index (χ2n) is 7.94. The van der Waals surface area contributed by atoms with Crippen molar-refractivity contribution < 1.29 is 8.42 Å². The van der Waals surface area contributed by atoms with E-state index < -0.39 is 10.0 Å². The average Bonchev–Trinajstić information content (AvgIpc) is 2.96. The van der Waals surface area contributed by atoms with Gasteiger partial charge in [0, 0.05) is 13.0 Å². The van der Waals surface area contributed by atoms with Gasteiger partial charge in [-0.1, -0.05) is 37.6 Å².